The minimum Gasteiger partial charge on any atom is -0.322 e. The SMILES string of the molecule is O=C(Nc1cccc(-n2cccn2)c1)c1ccncc1. The van der Waals surface area contributed by atoms with E-state index in [-0.39, 0.29) is 5.91 Å². The highest BCUT2D eigenvalue weighted by Crippen LogP contribution is 2.14. The van der Waals surface area contributed by atoms with Crippen LogP contribution in [0.2, 0.25) is 0 Å². The molecule has 1 amide bonds. The minimum atomic E-state index is -0.162. The molecule has 20 heavy (non-hydrogen) atoms. The van der Waals surface area contributed by atoms with Crippen molar-refractivity contribution in [2.75, 3.05) is 5.32 Å². The zero-order valence-corrected chi connectivity index (χ0v) is 10.6. The first-order chi connectivity index (χ1) is 9.83. The van der Waals surface area contributed by atoms with Gasteiger partial charge in [0.05, 0.1) is 5.69 Å². The van der Waals surface area contributed by atoms with Gasteiger partial charge in [-0.05, 0) is 36.4 Å². The predicted octanol–water partition coefficient (Wildman–Crippen LogP) is 2.52. The van der Waals surface area contributed by atoms with Crippen LogP contribution in [0.5, 0.6) is 0 Å². The minimum absolute atomic E-state index is 0.162. The lowest BCUT2D eigenvalue weighted by Crippen LogP contribution is -2.12. The van der Waals surface area contributed by atoms with E-state index in [1.807, 2.05) is 36.5 Å². The molecule has 1 aromatic carbocycles. The maximum atomic E-state index is 12.1. The quantitative estimate of drug-likeness (QED) is 0.790. The van der Waals surface area contributed by atoms with Crippen LogP contribution in [-0.4, -0.2) is 20.7 Å². The first-order valence-electron chi connectivity index (χ1n) is 6.14. The molecule has 5 heteroatoms. The molecule has 0 unspecified atom stereocenters. The molecule has 3 rings (SSSR count). The topological polar surface area (TPSA) is 59.8 Å². The molecule has 0 aliphatic heterocycles. The summed E-state index contributed by atoms with van der Waals surface area (Å²) in [6, 6.07) is 12.7. The first kappa shape index (κ1) is 12.1. The Kier molecular flexibility index (Phi) is 3.24. The van der Waals surface area contributed by atoms with E-state index in [4.69, 9.17) is 0 Å². The van der Waals surface area contributed by atoms with Gasteiger partial charge in [0, 0.05) is 36.0 Å². The van der Waals surface area contributed by atoms with Gasteiger partial charge < -0.3 is 5.32 Å². The van der Waals surface area contributed by atoms with Crippen molar-refractivity contribution in [1.82, 2.24) is 14.8 Å². The van der Waals surface area contributed by atoms with Gasteiger partial charge in [-0.3, -0.25) is 9.78 Å². The summed E-state index contributed by atoms with van der Waals surface area (Å²) in [4.78, 5) is 15.9. The molecule has 0 bridgehead atoms. The van der Waals surface area contributed by atoms with E-state index in [0.29, 0.717) is 5.56 Å². The zero-order valence-electron chi connectivity index (χ0n) is 10.6. The highest BCUT2D eigenvalue weighted by molar-refractivity contribution is 6.04. The van der Waals surface area contributed by atoms with Crippen molar-refractivity contribution in [2.45, 2.75) is 0 Å². The summed E-state index contributed by atoms with van der Waals surface area (Å²) in [6.07, 6.45) is 6.75. The molecule has 5 nitrogen and oxygen atoms in total. The van der Waals surface area contributed by atoms with E-state index in [0.717, 1.165) is 11.4 Å². The number of hydrogen-bond donors (Lipinski definition) is 1. The number of benzene rings is 1. The number of pyridine rings is 1. The third kappa shape index (κ3) is 2.56. The Morgan fingerprint density at radius 3 is 2.65 bits per heavy atom. The Morgan fingerprint density at radius 2 is 1.90 bits per heavy atom. The number of aromatic nitrogens is 3. The first-order valence-corrected chi connectivity index (χ1v) is 6.14. The van der Waals surface area contributed by atoms with Gasteiger partial charge in [-0.1, -0.05) is 6.07 Å². The lowest BCUT2D eigenvalue weighted by molar-refractivity contribution is 0.102. The average molecular weight is 264 g/mol. The molecule has 0 atom stereocenters. The molecule has 0 saturated heterocycles. The maximum Gasteiger partial charge on any atom is 0.255 e. The van der Waals surface area contributed by atoms with E-state index in [9.17, 15) is 4.79 Å². The number of nitrogens with one attached hydrogen (secondary N) is 1. The van der Waals surface area contributed by atoms with Crippen LogP contribution >= 0.6 is 0 Å². The fraction of sp³-hybridized carbons (Fsp3) is 0. The molecule has 2 heterocycles. The summed E-state index contributed by atoms with van der Waals surface area (Å²) in [6.45, 7) is 0. The number of anilines is 1. The molecule has 0 aliphatic rings. The fourth-order valence-electron chi connectivity index (χ4n) is 1.85. The van der Waals surface area contributed by atoms with Crippen molar-refractivity contribution < 1.29 is 4.79 Å². The molecule has 0 aliphatic carbocycles. The van der Waals surface area contributed by atoms with Crippen molar-refractivity contribution in [3.8, 4) is 5.69 Å². The van der Waals surface area contributed by atoms with Gasteiger partial charge in [0.15, 0.2) is 0 Å². The molecule has 2 aromatic heterocycles. The largest absolute Gasteiger partial charge is 0.322 e. The number of carbonyl (C=O) groups excluding carboxylic acids is 1. The van der Waals surface area contributed by atoms with Crippen LogP contribution in [0.3, 0.4) is 0 Å². The lowest BCUT2D eigenvalue weighted by Gasteiger charge is -2.07. The summed E-state index contributed by atoms with van der Waals surface area (Å²) in [7, 11) is 0. The smallest absolute Gasteiger partial charge is 0.255 e. The maximum absolute atomic E-state index is 12.1. The number of carbonyl (C=O) groups is 1. The second-order valence-corrected chi connectivity index (χ2v) is 4.19. The number of rotatable bonds is 3. The van der Waals surface area contributed by atoms with E-state index >= 15 is 0 Å². The molecule has 0 spiro atoms. The van der Waals surface area contributed by atoms with Crippen molar-refractivity contribution in [2.24, 2.45) is 0 Å². The van der Waals surface area contributed by atoms with Crippen molar-refractivity contribution in [3.05, 3.63) is 72.8 Å². The van der Waals surface area contributed by atoms with Crippen molar-refractivity contribution >= 4 is 11.6 Å². The van der Waals surface area contributed by atoms with Crippen LogP contribution in [0.15, 0.2) is 67.3 Å². The zero-order chi connectivity index (χ0) is 13.8. The number of hydrogen-bond acceptors (Lipinski definition) is 3. The average Bonchev–Trinajstić information content (AvgIpc) is 3.03. The summed E-state index contributed by atoms with van der Waals surface area (Å²) in [5.74, 6) is -0.162. The van der Waals surface area contributed by atoms with Gasteiger partial charge >= 0.3 is 0 Å². The second-order valence-electron chi connectivity index (χ2n) is 4.19. The third-order valence-electron chi connectivity index (χ3n) is 2.82. The van der Waals surface area contributed by atoms with Crippen LogP contribution in [-0.2, 0) is 0 Å². The molecule has 0 fully saturated rings. The Labute approximate surface area is 115 Å². The predicted molar refractivity (Wildman–Crippen MR) is 75.8 cm³/mol. The monoisotopic (exact) mass is 264 g/mol. The molecular formula is C15H12N4O. The lowest BCUT2D eigenvalue weighted by atomic mass is 10.2. The van der Waals surface area contributed by atoms with Crippen molar-refractivity contribution in [3.63, 3.8) is 0 Å². The molecule has 98 valence electrons. The van der Waals surface area contributed by atoms with Crippen LogP contribution in [0.25, 0.3) is 5.69 Å². The van der Waals surface area contributed by atoms with E-state index < -0.39 is 0 Å². The summed E-state index contributed by atoms with van der Waals surface area (Å²) >= 11 is 0. The Hall–Kier alpha value is -2.95. The highest BCUT2D eigenvalue weighted by Gasteiger charge is 2.06. The third-order valence-corrected chi connectivity index (χ3v) is 2.82. The summed E-state index contributed by atoms with van der Waals surface area (Å²) in [5, 5.41) is 7.01. The summed E-state index contributed by atoms with van der Waals surface area (Å²) in [5.41, 5.74) is 2.19. The number of amides is 1. The summed E-state index contributed by atoms with van der Waals surface area (Å²) < 4.78 is 1.74. The molecule has 0 radical (unpaired) electrons. The molecular weight excluding hydrogens is 252 g/mol. The van der Waals surface area contributed by atoms with E-state index in [1.165, 1.54) is 0 Å². The van der Waals surface area contributed by atoms with Gasteiger partial charge in [0.25, 0.3) is 5.91 Å². The van der Waals surface area contributed by atoms with Gasteiger partial charge in [-0.25, -0.2) is 4.68 Å². The van der Waals surface area contributed by atoms with E-state index in [1.54, 1.807) is 35.4 Å². The van der Waals surface area contributed by atoms with Crippen molar-refractivity contribution in [1.29, 1.82) is 0 Å². The fourth-order valence-corrected chi connectivity index (χ4v) is 1.85. The highest BCUT2D eigenvalue weighted by atomic mass is 16.1. The Morgan fingerprint density at radius 1 is 1.05 bits per heavy atom. The second kappa shape index (κ2) is 5.36. The van der Waals surface area contributed by atoms with Gasteiger partial charge in [0.2, 0.25) is 0 Å². The normalized spacial score (nSPS) is 10.2. The van der Waals surface area contributed by atoms with Gasteiger partial charge in [-0.2, -0.15) is 5.10 Å². The standard InChI is InChI=1S/C15H12N4O/c20-15(12-5-8-16-9-6-12)18-13-3-1-4-14(11-13)19-10-2-7-17-19/h1-11H,(H,18,20). The van der Waals surface area contributed by atoms with Crippen LogP contribution < -0.4 is 5.32 Å². The van der Waals surface area contributed by atoms with Gasteiger partial charge in [-0.15, -0.1) is 0 Å². The van der Waals surface area contributed by atoms with Crippen LogP contribution in [0.1, 0.15) is 10.4 Å². The molecule has 1 N–H and O–H groups in total. The molecule has 3 aromatic rings. The Bertz CT molecular complexity index is 708. The van der Waals surface area contributed by atoms with E-state index in [2.05, 4.69) is 15.4 Å². The Balaban J connectivity index is 1.82. The molecule has 0 saturated carbocycles. The number of nitrogens with zero attached hydrogens (tertiary/aromatic N) is 3. The van der Waals surface area contributed by atoms with Gasteiger partial charge in [0.1, 0.15) is 0 Å². The van der Waals surface area contributed by atoms with Crippen LogP contribution in [0.4, 0.5) is 5.69 Å². The van der Waals surface area contributed by atoms with Crippen LogP contribution in [0, 0.1) is 0 Å².